The van der Waals surface area contributed by atoms with Gasteiger partial charge in [-0.15, -0.1) is 11.8 Å². The number of thioether (sulfide) groups is 1. The number of amides is 1. The molecule has 0 radical (unpaired) electrons. The number of hydrogen-bond acceptors (Lipinski definition) is 5. The number of aromatic nitrogens is 1. The minimum atomic E-state index is -0.173. The first-order chi connectivity index (χ1) is 11.1. The highest BCUT2D eigenvalue weighted by Gasteiger charge is 2.10. The third-order valence-corrected chi connectivity index (χ3v) is 5.36. The molecule has 3 aromatic rings. The number of hydrogen-bond donors (Lipinski definition) is 2. The van der Waals surface area contributed by atoms with Crippen molar-refractivity contribution < 1.29 is 4.79 Å². The summed E-state index contributed by atoms with van der Waals surface area (Å²) in [5.41, 5.74) is 9.62. The van der Waals surface area contributed by atoms with E-state index in [2.05, 4.69) is 41.8 Å². The Kier molecular flexibility index (Phi) is 4.54. The molecule has 2 N–H and O–H groups in total. The minimum Gasteiger partial charge on any atom is -0.273 e. The molecule has 1 heterocycles. The van der Waals surface area contributed by atoms with E-state index in [0.717, 1.165) is 15.1 Å². The number of anilines is 1. The van der Waals surface area contributed by atoms with Gasteiger partial charge in [-0.25, -0.2) is 4.98 Å². The average molecular weight is 343 g/mol. The normalized spacial score (nSPS) is 10.7. The molecule has 0 aliphatic carbocycles. The van der Waals surface area contributed by atoms with Gasteiger partial charge in [-0.1, -0.05) is 23.5 Å². The van der Waals surface area contributed by atoms with E-state index < -0.39 is 0 Å². The van der Waals surface area contributed by atoms with Crippen LogP contribution in [0.4, 0.5) is 5.13 Å². The highest BCUT2D eigenvalue weighted by atomic mass is 32.2. The summed E-state index contributed by atoms with van der Waals surface area (Å²) in [6, 6.07) is 11.7. The number of fused-ring (bicyclic) bond motifs is 1. The van der Waals surface area contributed by atoms with Crippen molar-refractivity contribution >= 4 is 44.4 Å². The molecular formula is C17H17N3OS2. The van der Waals surface area contributed by atoms with E-state index in [1.54, 1.807) is 17.8 Å². The summed E-state index contributed by atoms with van der Waals surface area (Å²) in [7, 11) is 0. The van der Waals surface area contributed by atoms with Crippen LogP contribution in [0.3, 0.4) is 0 Å². The van der Waals surface area contributed by atoms with Gasteiger partial charge in [-0.2, -0.15) is 0 Å². The van der Waals surface area contributed by atoms with Crippen molar-refractivity contribution in [2.75, 3.05) is 11.7 Å². The summed E-state index contributed by atoms with van der Waals surface area (Å²) in [4.78, 5) is 17.8. The molecule has 0 unspecified atom stereocenters. The fraction of sp³-hybridized carbons (Fsp3) is 0.176. The van der Waals surface area contributed by atoms with Crippen LogP contribution in [-0.2, 0) is 0 Å². The van der Waals surface area contributed by atoms with Gasteiger partial charge in [0.2, 0.25) is 5.13 Å². The average Bonchev–Trinajstić information content (AvgIpc) is 3.00. The van der Waals surface area contributed by atoms with Gasteiger partial charge in [0.25, 0.3) is 5.91 Å². The largest absolute Gasteiger partial charge is 0.273 e. The zero-order valence-electron chi connectivity index (χ0n) is 13.1. The molecule has 1 aromatic heterocycles. The molecule has 3 rings (SSSR count). The standard InChI is InChI=1S/C17H17N3OS2/c1-10-7-8-14-15(11(10)2)18-17(23-14)20-19-16(21)12-5-4-6-13(9-12)22-3/h4-9H,1-3H3,(H,18,20)(H,19,21). The number of carbonyl (C=O) groups is 1. The van der Waals surface area contributed by atoms with E-state index >= 15 is 0 Å². The van der Waals surface area contributed by atoms with Crippen molar-refractivity contribution in [3.63, 3.8) is 0 Å². The molecule has 1 amide bonds. The molecule has 0 fully saturated rings. The lowest BCUT2D eigenvalue weighted by Crippen LogP contribution is -2.29. The Balaban J connectivity index is 1.75. The molecule has 0 aliphatic heterocycles. The van der Waals surface area contributed by atoms with Gasteiger partial charge in [0, 0.05) is 10.5 Å². The van der Waals surface area contributed by atoms with E-state index in [1.165, 1.54) is 22.5 Å². The number of rotatable bonds is 4. The van der Waals surface area contributed by atoms with Crippen LogP contribution < -0.4 is 10.9 Å². The van der Waals surface area contributed by atoms with E-state index in [0.29, 0.717) is 10.7 Å². The summed E-state index contributed by atoms with van der Waals surface area (Å²) in [6.07, 6.45) is 1.99. The van der Waals surface area contributed by atoms with Gasteiger partial charge in [0.1, 0.15) is 0 Å². The maximum atomic E-state index is 12.2. The van der Waals surface area contributed by atoms with Crippen LogP contribution in [0.1, 0.15) is 21.5 Å². The predicted octanol–water partition coefficient (Wildman–Crippen LogP) is 4.39. The molecule has 2 aromatic carbocycles. The molecule has 118 valence electrons. The first kappa shape index (κ1) is 15.8. The molecular weight excluding hydrogens is 326 g/mol. The molecule has 0 atom stereocenters. The van der Waals surface area contributed by atoms with Crippen LogP contribution in [0, 0.1) is 13.8 Å². The molecule has 0 saturated carbocycles. The van der Waals surface area contributed by atoms with Crippen LogP contribution in [0.5, 0.6) is 0 Å². The van der Waals surface area contributed by atoms with Crippen molar-refractivity contribution in [1.29, 1.82) is 0 Å². The van der Waals surface area contributed by atoms with Crippen molar-refractivity contribution in [2.24, 2.45) is 0 Å². The highest BCUT2D eigenvalue weighted by molar-refractivity contribution is 7.98. The van der Waals surface area contributed by atoms with Crippen LogP contribution in [0.15, 0.2) is 41.3 Å². The fourth-order valence-electron chi connectivity index (χ4n) is 2.23. The molecule has 0 bridgehead atoms. The van der Waals surface area contributed by atoms with E-state index in [4.69, 9.17) is 0 Å². The maximum Gasteiger partial charge on any atom is 0.269 e. The van der Waals surface area contributed by atoms with Gasteiger partial charge in [-0.05, 0) is 55.5 Å². The molecule has 0 aliphatic rings. The topological polar surface area (TPSA) is 54.0 Å². The SMILES string of the molecule is CSc1cccc(C(=O)NNc2nc3c(C)c(C)ccc3s2)c1. The van der Waals surface area contributed by atoms with Crippen molar-refractivity contribution in [2.45, 2.75) is 18.7 Å². The van der Waals surface area contributed by atoms with Gasteiger partial charge >= 0.3 is 0 Å². The maximum absolute atomic E-state index is 12.2. The Labute approximate surface area is 143 Å². The van der Waals surface area contributed by atoms with Crippen LogP contribution in [-0.4, -0.2) is 17.1 Å². The number of nitrogens with one attached hydrogen (secondary N) is 2. The Bertz CT molecular complexity index is 873. The lowest BCUT2D eigenvalue weighted by Gasteiger charge is -2.06. The number of benzene rings is 2. The zero-order valence-corrected chi connectivity index (χ0v) is 14.8. The van der Waals surface area contributed by atoms with E-state index in [1.807, 2.05) is 24.5 Å². The minimum absolute atomic E-state index is 0.173. The summed E-state index contributed by atoms with van der Waals surface area (Å²) in [5, 5.41) is 0.683. The summed E-state index contributed by atoms with van der Waals surface area (Å²) < 4.78 is 1.11. The van der Waals surface area contributed by atoms with Gasteiger partial charge in [-0.3, -0.25) is 15.6 Å². The zero-order chi connectivity index (χ0) is 16.4. The predicted molar refractivity (Wildman–Crippen MR) is 98.4 cm³/mol. The summed E-state index contributed by atoms with van der Waals surface area (Å²) in [5.74, 6) is -0.173. The summed E-state index contributed by atoms with van der Waals surface area (Å²) in [6.45, 7) is 4.13. The van der Waals surface area contributed by atoms with Gasteiger partial charge in [0.05, 0.1) is 10.2 Å². The Morgan fingerprint density at radius 1 is 1.22 bits per heavy atom. The second kappa shape index (κ2) is 6.60. The van der Waals surface area contributed by atoms with Crippen LogP contribution in [0.2, 0.25) is 0 Å². The Hall–Kier alpha value is -2.05. The number of aryl methyl sites for hydroxylation is 2. The smallest absolute Gasteiger partial charge is 0.269 e. The Morgan fingerprint density at radius 3 is 2.83 bits per heavy atom. The molecule has 0 saturated heterocycles. The lowest BCUT2D eigenvalue weighted by molar-refractivity contribution is 0.0962. The third kappa shape index (κ3) is 3.33. The number of carbonyl (C=O) groups excluding carboxylic acids is 1. The van der Waals surface area contributed by atoms with Crippen molar-refractivity contribution in [3.8, 4) is 0 Å². The van der Waals surface area contributed by atoms with Crippen molar-refractivity contribution in [1.82, 2.24) is 10.4 Å². The van der Waals surface area contributed by atoms with Crippen molar-refractivity contribution in [3.05, 3.63) is 53.1 Å². The highest BCUT2D eigenvalue weighted by Crippen LogP contribution is 2.29. The first-order valence-electron chi connectivity index (χ1n) is 7.15. The molecule has 6 heteroatoms. The first-order valence-corrected chi connectivity index (χ1v) is 9.20. The quantitative estimate of drug-likeness (QED) is 0.545. The number of nitrogens with zero attached hydrogens (tertiary/aromatic N) is 1. The van der Waals surface area contributed by atoms with Crippen LogP contribution in [0.25, 0.3) is 10.2 Å². The third-order valence-electron chi connectivity index (χ3n) is 3.70. The lowest BCUT2D eigenvalue weighted by atomic mass is 10.1. The molecule has 23 heavy (non-hydrogen) atoms. The number of hydrazine groups is 1. The molecule has 0 spiro atoms. The Morgan fingerprint density at radius 2 is 2.04 bits per heavy atom. The monoisotopic (exact) mass is 343 g/mol. The number of thiazole rings is 1. The van der Waals surface area contributed by atoms with E-state index in [-0.39, 0.29) is 5.91 Å². The van der Waals surface area contributed by atoms with Gasteiger partial charge in [0.15, 0.2) is 0 Å². The summed E-state index contributed by atoms with van der Waals surface area (Å²) >= 11 is 3.13. The van der Waals surface area contributed by atoms with Gasteiger partial charge < -0.3 is 0 Å². The molecule has 4 nitrogen and oxygen atoms in total. The van der Waals surface area contributed by atoms with E-state index in [9.17, 15) is 4.79 Å². The van der Waals surface area contributed by atoms with Crippen LogP contribution >= 0.6 is 23.1 Å². The second-order valence-corrected chi connectivity index (χ2v) is 7.09. The second-order valence-electron chi connectivity index (χ2n) is 5.18. The fourth-order valence-corrected chi connectivity index (χ4v) is 3.56.